The van der Waals surface area contributed by atoms with Gasteiger partial charge in [0.25, 0.3) is 0 Å². The van der Waals surface area contributed by atoms with Crippen LogP contribution in [0.1, 0.15) is 29.8 Å². The molecule has 0 aliphatic carbocycles. The van der Waals surface area contributed by atoms with Crippen LogP contribution in [0.4, 0.5) is 0 Å². The molecule has 1 heterocycles. The molecule has 158 valence electrons. The molecule has 0 radical (unpaired) electrons. The molecule has 2 aromatic rings. The molecule has 0 aromatic heterocycles. The standard InChI is InChI=1S/C24H26O6/c1-4-19(28-23(26)18-13-9-6-10-14-18)21-22(30-24(2,3)29-21)20(15-25)27-16-17-11-7-5-8-12-17/h4-15,19-22H,1,16H2,2-3H3/t19-,20-,21+,22+/m1/s1. The topological polar surface area (TPSA) is 71.1 Å². The van der Waals surface area contributed by atoms with Crippen LogP contribution < -0.4 is 0 Å². The summed E-state index contributed by atoms with van der Waals surface area (Å²) in [5.74, 6) is -1.49. The van der Waals surface area contributed by atoms with Gasteiger partial charge < -0.3 is 23.7 Å². The van der Waals surface area contributed by atoms with Crippen LogP contribution in [0.2, 0.25) is 0 Å². The van der Waals surface area contributed by atoms with Crippen molar-refractivity contribution in [3.63, 3.8) is 0 Å². The molecule has 0 bridgehead atoms. The zero-order valence-electron chi connectivity index (χ0n) is 17.1. The van der Waals surface area contributed by atoms with Gasteiger partial charge in [0.1, 0.15) is 24.4 Å². The summed E-state index contributed by atoms with van der Waals surface area (Å²) in [6.07, 6.45) is -1.10. The number of carbonyl (C=O) groups excluding carboxylic acids is 2. The van der Waals surface area contributed by atoms with Crippen molar-refractivity contribution in [3.8, 4) is 0 Å². The first-order chi connectivity index (χ1) is 14.4. The van der Waals surface area contributed by atoms with Crippen molar-refractivity contribution < 1.29 is 28.5 Å². The van der Waals surface area contributed by atoms with Gasteiger partial charge in [-0.1, -0.05) is 55.1 Å². The first-order valence-corrected chi connectivity index (χ1v) is 9.78. The number of hydrogen-bond donors (Lipinski definition) is 0. The molecule has 1 aliphatic rings. The Labute approximate surface area is 176 Å². The van der Waals surface area contributed by atoms with Gasteiger partial charge in [0.15, 0.2) is 12.1 Å². The SMILES string of the molecule is C=C[C@@H](OC(=O)c1ccccc1)[C@@H]1OC(C)(C)O[C@H]1[C@@H](C=O)OCc1ccccc1. The molecule has 6 heteroatoms. The fourth-order valence-corrected chi connectivity index (χ4v) is 3.32. The quantitative estimate of drug-likeness (QED) is 0.357. The highest BCUT2D eigenvalue weighted by Crippen LogP contribution is 2.34. The highest BCUT2D eigenvalue weighted by molar-refractivity contribution is 5.89. The number of hydrogen-bond acceptors (Lipinski definition) is 6. The number of aldehydes is 1. The van der Waals surface area contributed by atoms with Gasteiger partial charge in [0.05, 0.1) is 12.2 Å². The van der Waals surface area contributed by atoms with E-state index < -0.39 is 36.2 Å². The number of rotatable bonds is 9. The Morgan fingerprint density at radius 1 is 1.03 bits per heavy atom. The lowest BCUT2D eigenvalue weighted by Gasteiger charge is -2.27. The van der Waals surface area contributed by atoms with Gasteiger partial charge in [-0.05, 0) is 37.6 Å². The van der Waals surface area contributed by atoms with E-state index in [9.17, 15) is 9.59 Å². The summed E-state index contributed by atoms with van der Waals surface area (Å²) in [6, 6.07) is 18.1. The minimum Gasteiger partial charge on any atom is -0.452 e. The van der Waals surface area contributed by atoms with Crippen molar-refractivity contribution in [1.29, 1.82) is 0 Å². The van der Waals surface area contributed by atoms with Crippen molar-refractivity contribution in [2.24, 2.45) is 0 Å². The highest BCUT2D eigenvalue weighted by Gasteiger charge is 2.49. The van der Waals surface area contributed by atoms with Crippen LogP contribution in [0.15, 0.2) is 73.3 Å². The van der Waals surface area contributed by atoms with Gasteiger partial charge in [0.2, 0.25) is 0 Å². The Morgan fingerprint density at radius 2 is 1.60 bits per heavy atom. The molecule has 0 spiro atoms. The average Bonchev–Trinajstić information content (AvgIpc) is 3.08. The van der Waals surface area contributed by atoms with E-state index in [0.29, 0.717) is 11.8 Å². The summed E-state index contributed by atoms with van der Waals surface area (Å²) in [5, 5.41) is 0. The number of carbonyl (C=O) groups is 2. The first kappa shape index (κ1) is 21.9. The van der Waals surface area contributed by atoms with E-state index in [0.717, 1.165) is 5.56 Å². The summed E-state index contributed by atoms with van der Waals surface area (Å²) in [6.45, 7) is 7.48. The monoisotopic (exact) mass is 410 g/mol. The molecule has 30 heavy (non-hydrogen) atoms. The van der Waals surface area contributed by atoms with Crippen LogP contribution in [0.3, 0.4) is 0 Å². The Kier molecular flexibility index (Phi) is 7.15. The van der Waals surface area contributed by atoms with E-state index in [1.165, 1.54) is 6.08 Å². The second kappa shape index (κ2) is 9.80. The lowest BCUT2D eigenvalue weighted by molar-refractivity contribution is -0.164. The predicted octanol–water partition coefficient (Wildman–Crippen LogP) is 3.70. The van der Waals surface area contributed by atoms with Gasteiger partial charge in [-0.15, -0.1) is 0 Å². The molecule has 3 rings (SSSR count). The normalized spacial score (nSPS) is 22.1. The third-order valence-corrected chi connectivity index (χ3v) is 4.72. The Morgan fingerprint density at radius 3 is 2.17 bits per heavy atom. The minimum absolute atomic E-state index is 0.236. The molecule has 6 nitrogen and oxygen atoms in total. The number of ether oxygens (including phenoxy) is 4. The van der Waals surface area contributed by atoms with Gasteiger partial charge in [0, 0.05) is 0 Å². The third kappa shape index (κ3) is 5.42. The van der Waals surface area contributed by atoms with Gasteiger partial charge in [-0.25, -0.2) is 4.79 Å². The number of benzene rings is 2. The summed E-state index contributed by atoms with van der Waals surface area (Å²) in [7, 11) is 0. The molecule has 1 fully saturated rings. The lowest BCUT2D eigenvalue weighted by atomic mass is 10.0. The second-order valence-electron chi connectivity index (χ2n) is 7.43. The maximum atomic E-state index is 12.5. The van der Waals surface area contributed by atoms with Crippen molar-refractivity contribution in [3.05, 3.63) is 84.4 Å². The summed E-state index contributed by atoms with van der Waals surface area (Å²) < 4.78 is 23.4. The lowest BCUT2D eigenvalue weighted by Crippen LogP contribution is -2.45. The van der Waals surface area contributed by atoms with Crippen LogP contribution in [0.5, 0.6) is 0 Å². The predicted molar refractivity (Wildman–Crippen MR) is 111 cm³/mol. The summed E-state index contributed by atoms with van der Waals surface area (Å²) in [5.41, 5.74) is 1.33. The molecular weight excluding hydrogens is 384 g/mol. The maximum absolute atomic E-state index is 12.5. The van der Waals surface area contributed by atoms with Gasteiger partial charge >= 0.3 is 5.97 Å². The Hall–Kier alpha value is -2.80. The first-order valence-electron chi connectivity index (χ1n) is 9.78. The molecule has 1 aliphatic heterocycles. The van der Waals surface area contributed by atoms with Gasteiger partial charge in [-0.2, -0.15) is 0 Å². The van der Waals surface area contributed by atoms with E-state index in [1.807, 2.05) is 36.4 Å². The van der Waals surface area contributed by atoms with Crippen LogP contribution in [0, 0.1) is 0 Å². The third-order valence-electron chi connectivity index (χ3n) is 4.72. The highest BCUT2D eigenvalue weighted by atomic mass is 16.8. The summed E-state index contributed by atoms with van der Waals surface area (Å²) in [4.78, 5) is 24.4. The molecule has 0 saturated carbocycles. The minimum atomic E-state index is -0.979. The van der Waals surface area contributed by atoms with Crippen LogP contribution in [-0.4, -0.2) is 42.5 Å². The molecule has 1 saturated heterocycles. The maximum Gasteiger partial charge on any atom is 0.338 e. The summed E-state index contributed by atoms with van der Waals surface area (Å²) >= 11 is 0. The van der Waals surface area contributed by atoms with Crippen LogP contribution in [-0.2, 0) is 30.3 Å². The molecule has 0 unspecified atom stereocenters. The van der Waals surface area contributed by atoms with E-state index in [4.69, 9.17) is 18.9 Å². The van der Waals surface area contributed by atoms with Crippen LogP contribution >= 0.6 is 0 Å². The van der Waals surface area contributed by atoms with Crippen molar-refractivity contribution >= 4 is 12.3 Å². The van der Waals surface area contributed by atoms with Crippen molar-refractivity contribution in [1.82, 2.24) is 0 Å². The molecular formula is C24H26O6. The molecule has 2 aromatic carbocycles. The Balaban J connectivity index is 1.74. The van der Waals surface area contributed by atoms with E-state index >= 15 is 0 Å². The van der Waals surface area contributed by atoms with E-state index in [1.54, 1.807) is 38.1 Å². The van der Waals surface area contributed by atoms with Crippen molar-refractivity contribution in [2.45, 2.75) is 50.7 Å². The molecule has 4 atom stereocenters. The number of esters is 1. The van der Waals surface area contributed by atoms with E-state index in [-0.39, 0.29) is 6.61 Å². The largest absolute Gasteiger partial charge is 0.452 e. The van der Waals surface area contributed by atoms with E-state index in [2.05, 4.69) is 6.58 Å². The molecule has 0 amide bonds. The van der Waals surface area contributed by atoms with Gasteiger partial charge in [-0.3, -0.25) is 0 Å². The average molecular weight is 410 g/mol. The fraction of sp³-hybridized carbons (Fsp3) is 0.333. The van der Waals surface area contributed by atoms with Crippen molar-refractivity contribution in [2.75, 3.05) is 0 Å². The van der Waals surface area contributed by atoms with Crippen LogP contribution in [0.25, 0.3) is 0 Å². The molecule has 0 N–H and O–H groups in total. The fourth-order valence-electron chi connectivity index (χ4n) is 3.32. The zero-order chi connectivity index (χ0) is 21.6. The smallest absolute Gasteiger partial charge is 0.338 e. The Bertz CT molecular complexity index is 849. The second-order valence-corrected chi connectivity index (χ2v) is 7.43. The zero-order valence-corrected chi connectivity index (χ0v) is 17.1.